The van der Waals surface area contributed by atoms with Crippen molar-refractivity contribution in [2.75, 3.05) is 39.6 Å². The second-order valence-corrected chi connectivity index (χ2v) is 20.0. The summed E-state index contributed by atoms with van der Waals surface area (Å²) < 4.78 is 28.1. The van der Waals surface area contributed by atoms with Gasteiger partial charge in [-0.05, 0) is 59.3 Å². The lowest BCUT2D eigenvalue weighted by Gasteiger charge is -2.23. The maximum Gasteiger partial charge on any atom is 0.408 e. The molecular formula is C55H110N2O10. The van der Waals surface area contributed by atoms with E-state index in [4.69, 9.17) is 34.5 Å². The number of nitrogens with two attached hydrogens (primary N) is 1. The van der Waals surface area contributed by atoms with Crippen molar-refractivity contribution >= 4 is 18.0 Å². The highest BCUT2D eigenvalue weighted by atomic mass is 16.6. The molecule has 0 aromatic heterocycles. The van der Waals surface area contributed by atoms with Gasteiger partial charge in [-0.2, -0.15) is 0 Å². The van der Waals surface area contributed by atoms with E-state index in [0.29, 0.717) is 45.5 Å². The molecule has 0 spiro atoms. The van der Waals surface area contributed by atoms with Crippen LogP contribution in [-0.4, -0.2) is 97.8 Å². The van der Waals surface area contributed by atoms with Crippen LogP contribution < -0.4 is 11.1 Å². The van der Waals surface area contributed by atoms with Crippen molar-refractivity contribution in [3.8, 4) is 0 Å². The molecule has 0 heterocycles. The average molecular weight is 959 g/mol. The minimum Gasteiger partial charge on any atom is -0.462 e. The monoisotopic (exact) mass is 959 g/mol. The number of ether oxygens (including phenoxy) is 5. The number of rotatable bonds is 47. The third-order valence-corrected chi connectivity index (χ3v) is 11.8. The van der Waals surface area contributed by atoms with Crippen LogP contribution in [0.4, 0.5) is 4.79 Å². The SMILES string of the molecule is CCCCCCCCCCCC(=O)O[C@H](CCCCCCC)CCOC[C@@H](N)CO.CCCCCCCCCCCC(=O)O[C@H](CCCCCCC)CCOC[C@H](CO)NC(=O)OC(C)(C)C. The molecule has 0 fully saturated rings. The number of aliphatic hydroxyl groups is 2. The van der Waals surface area contributed by atoms with Crippen LogP contribution in [-0.2, 0) is 33.3 Å². The lowest BCUT2D eigenvalue weighted by molar-refractivity contribution is -0.151. The number of amides is 1. The number of nitrogens with one attached hydrogen (secondary N) is 1. The van der Waals surface area contributed by atoms with E-state index in [1.165, 1.54) is 135 Å². The first-order valence-corrected chi connectivity index (χ1v) is 27.9. The summed E-state index contributed by atoms with van der Waals surface area (Å²) in [5.41, 5.74) is 5.05. The number of carbonyl (C=O) groups excluding carboxylic acids is 3. The largest absolute Gasteiger partial charge is 0.462 e. The highest BCUT2D eigenvalue weighted by Crippen LogP contribution is 2.18. The number of alkyl carbamates (subject to hydrolysis) is 1. The Kier molecular flexibility index (Phi) is 50.5. The fraction of sp³-hybridized carbons (Fsp3) is 0.945. The summed E-state index contributed by atoms with van der Waals surface area (Å²) in [7, 11) is 0. The first kappa shape index (κ1) is 67.1. The first-order chi connectivity index (χ1) is 32.3. The molecule has 0 aromatic rings. The van der Waals surface area contributed by atoms with Gasteiger partial charge in [-0.1, -0.05) is 182 Å². The Bertz CT molecular complexity index is 1070. The number of carbonyl (C=O) groups is 3. The van der Waals surface area contributed by atoms with Gasteiger partial charge >= 0.3 is 18.0 Å². The summed E-state index contributed by atoms with van der Waals surface area (Å²) in [4.78, 5) is 36.7. The number of esters is 2. The third-order valence-electron chi connectivity index (χ3n) is 11.8. The zero-order chi connectivity index (χ0) is 50.1. The molecule has 0 aromatic carbocycles. The predicted molar refractivity (Wildman–Crippen MR) is 276 cm³/mol. The minimum absolute atomic E-state index is 0.0661. The van der Waals surface area contributed by atoms with E-state index in [1.54, 1.807) is 20.8 Å². The van der Waals surface area contributed by atoms with Crippen molar-refractivity contribution in [1.29, 1.82) is 0 Å². The summed E-state index contributed by atoms with van der Waals surface area (Å²) >= 11 is 0. The molecule has 4 atom stereocenters. The lowest BCUT2D eigenvalue weighted by Crippen LogP contribution is -2.43. The van der Waals surface area contributed by atoms with Gasteiger partial charge in [0.05, 0.1) is 51.7 Å². The van der Waals surface area contributed by atoms with E-state index < -0.39 is 17.7 Å². The molecule has 0 aliphatic rings. The fourth-order valence-electron chi connectivity index (χ4n) is 7.68. The summed E-state index contributed by atoms with van der Waals surface area (Å²) in [6, 6.07) is -0.886. The molecule has 0 rings (SSSR count). The molecule has 12 heteroatoms. The molecule has 0 aliphatic carbocycles. The third kappa shape index (κ3) is 51.7. The van der Waals surface area contributed by atoms with Crippen LogP contribution >= 0.6 is 0 Å². The van der Waals surface area contributed by atoms with Crippen molar-refractivity contribution in [3.63, 3.8) is 0 Å². The maximum absolute atomic E-state index is 12.5. The smallest absolute Gasteiger partial charge is 0.408 e. The summed E-state index contributed by atoms with van der Waals surface area (Å²) in [5, 5.41) is 21.1. The lowest BCUT2D eigenvalue weighted by atomic mass is 10.1. The quantitative estimate of drug-likeness (QED) is 0.0259. The van der Waals surface area contributed by atoms with Crippen LogP contribution in [0.15, 0.2) is 0 Å². The molecule has 0 unspecified atom stereocenters. The topological polar surface area (TPSA) is 176 Å². The summed E-state index contributed by atoms with van der Waals surface area (Å²) in [6.07, 6.45) is 37.4. The van der Waals surface area contributed by atoms with E-state index in [-0.39, 0.29) is 50.0 Å². The Balaban J connectivity index is 0. The zero-order valence-corrected chi connectivity index (χ0v) is 44.8. The second kappa shape index (κ2) is 50.4. The molecule has 0 aliphatic heterocycles. The highest BCUT2D eigenvalue weighted by Gasteiger charge is 2.20. The normalized spacial score (nSPS) is 13.3. The fourth-order valence-corrected chi connectivity index (χ4v) is 7.68. The molecule has 0 bridgehead atoms. The van der Waals surface area contributed by atoms with Crippen LogP contribution in [0.25, 0.3) is 0 Å². The van der Waals surface area contributed by atoms with E-state index in [2.05, 4.69) is 33.0 Å². The number of hydrogen-bond donors (Lipinski definition) is 4. The Morgan fingerprint density at radius 3 is 1.16 bits per heavy atom. The molecule has 0 saturated carbocycles. The van der Waals surface area contributed by atoms with Crippen molar-refractivity contribution in [2.45, 2.75) is 297 Å². The van der Waals surface area contributed by atoms with E-state index in [1.807, 2.05) is 0 Å². The van der Waals surface area contributed by atoms with Gasteiger partial charge in [-0.15, -0.1) is 0 Å². The molecule has 0 saturated heterocycles. The van der Waals surface area contributed by atoms with Gasteiger partial charge in [0.1, 0.15) is 17.8 Å². The molecule has 400 valence electrons. The molecule has 1 amide bonds. The highest BCUT2D eigenvalue weighted by molar-refractivity contribution is 5.70. The van der Waals surface area contributed by atoms with Crippen molar-refractivity contribution in [2.24, 2.45) is 5.73 Å². The summed E-state index contributed by atoms with van der Waals surface area (Å²) in [5.74, 6) is -0.176. The molecule has 0 radical (unpaired) electrons. The predicted octanol–water partition coefficient (Wildman–Crippen LogP) is 13.4. The van der Waals surface area contributed by atoms with Gasteiger partial charge in [0, 0.05) is 25.7 Å². The minimum atomic E-state index is -0.604. The number of unbranched alkanes of at least 4 members (excludes halogenated alkanes) is 24. The van der Waals surface area contributed by atoms with Gasteiger partial charge in [-0.25, -0.2) is 4.79 Å². The molecule has 12 nitrogen and oxygen atoms in total. The first-order valence-electron chi connectivity index (χ1n) is 27.9. The maximum atomic E-state index is 12.5. The Hall–Kier alpha value is -1.99. The Labute approximate surface area is 412 Å². The number of hydrogen-bond acceptors (Lipinski definition) is 11. The summed E-state index contributed by atoms with van der Waals surface area (Å²) in [6.45, 7) is 15.4. The van der Waals surface area contributed by atoms with E-state index in [0.717, 1.165) is 57.8 Å². The standard InChI is InChI=1S/C30H59NO6.C25H51NO4/c1-6-8-10-12-13-14-15-17-19-21-28(33)36-27(20-18-16-11-9-7-2)22-23-35-25-26(24-32)31-29(34)37-30(3,4)5;1-3-5-7-9-10-11-12-14-16-18-25(28)30-24(17-15-13-8-6-4-2)19-20-29-22-23(26)21-27/h26-27,32H,6-25H2,1-5H3,(H,31,34);23-24,27H,3-22,26H2,1-2H3/t26-,27+;23-,24+/m00/s1. The van der Waals surface area contributed by atoms with E-state index in [9.17, 15) is 19.5 Å². The van der Waals surface area contributed by atoms with Crippen molar-refractivity contribution in [1.82, 2.24) is 5.32 Å². The van der Waals surface area contributed by atoms with Crippen LogP contribution in [0.2, 0.25) is 0 Å². The van der Waals surface area contributed by atoms with Crippen molar-refractivity contribution < 1.29 is 48.3 Å². The van der Waals surface area contributed by atoms with Crippen LogP contribution in [0.5, 0.6) is 0 Å². The number of aliphatic hydroxyl groups excluding tert-OH is 2. The Morgan fingerprint density at radius 1 is 0.478 bits per heavy atom. The van der Waals surface area contributed by atoms with Gasteiger partial charge in [0.15, 0.2) is 0 Å². The average Bonchev–Trinajstić information content (AvgIpc) is 3.29. The molecule has 67 heavy (non-hydrogen) atoms. The molecule has 5 N–H and O–H groups in total. The van der Waals surface area contributed by atoms with Crippen LogP contribution in [0.3, 0.4) is 0 Å². The van der Waals surface area contributed by atoms with Gasteiger partial charge in [0.25, 0.3) is 0 Å². The van der Waals surface area contributed by atoms with Crippen LogP contribution in [0, 0.1) is 0 Å². The zero-order valence-electron chi connectivity index (χ0n) is 44.8. The molecular weight excluding hydrogens is 849 g/mol. The second-order valence-electron chi connectivity index (χ2n) is 20.0. The van der Waals surface area contributed by atoms with Crippen molar-refractivity contribution in [3.05, 3.63) is 0 Å². The van der Waals surface area contributed by atoms with Gasteiger partial charge in [0.2, 0.25) is 0 Å². The van der Waals surface area contributed by atoms with E-state index >= 15 is 0 Å². The Morgan fingerprint density at radius 2 is 0.821 bits per heavy atom. The van der Waals surface area contributed by atoms with Gasteiger partial charge < -0.3 is 44.9 Å². The van der Waals surface area contributed by atoms with Crippen LogP contribution in [0.1, 0.15) is 267 Å². The van der Waals surface area contributed by atoms with Gasteiger partial charge in [-0.3, -0.25) is 9.59 Å².